The number of carbonyl (C=O) groups is 1. The van der Waals surface area contributed by atoms with Crippen LogP contribution in [0.2, 0.25) is 0 Å². The molecule has 0 aromatic heterocycles. The first-order chi connectivity index (χ1) is 5.75. The molecule has 1 heteroatoms. The first kappa shape index (κ1) is 8.72. The molecule has 1 unspecified atom stereocenters. The molecule has 0 aliphatic heterocycles. The van der Waals surface area contributed by atoms with Crippen molar-refractivity contribution >= 4 is 11.9 Å². The highest BCUT2D eigenvalue weighted by Gasteiger charge is 2.05. The predicted octanol–water partition coefficient (Wildman–Crippen LogP) is 2.53. The minimum atomic E-state index is -0.0904. The topological polar surface area (TPSA) is 17.1 Å². The van der Waals surface area contributed by atoms with Gasteiger partial charge in [-0.3, -0.25) is 0 Å². The van der Waals surface area contributed by atoms with Crippen LogP contribution < -0.4 is 0 Å². The van der Waals surface area contributed by atoms with Crippen molar-refractivity contribution in [2.24, 2.45) is 5.92 Å². The summed E-state index contributed by atoms with van der Waals surface area (Å²) in [7, 11) is 0. The largest absolute Gasteiger partial charge is 0.303 e. The third-order valence-corrected chi connectivity index (χ3v) is 1.90. The van der Waals surface area contributed by atoms with Gasteiger partial charge in [0.05, 0.1) is 0 Å². The molecule has 1 nitrogen and oxygen atoms in total. The van der Waals surface area contributed by atoms with Gasteiger partial charge in [0.1, 0.15) is 6.29 Å². The summed E-state index contributed by atoms with van der Waals surface area (Å²) in [5.41, 5.74) is 1.92. The van der Waals surface area contributed by atoms with Crippen LogP contribution in [-0.4, -0.2) is 6.29 Å². The zero-order valence-electron chi connectivity index (χ0n) is 7.16. The molecular formula is C11H12O. The lowest BCUT2D eigenvalue weighted by Crippen LogP contribution is -1.97. The first-order valence-electron chi connectivity index (χ1n) is 3.95. The molecule has 0 N–H and O–H groups in total. The van der Waals surface area contributed by atoms with E-state index in [1.54, 1.807) is 0 Å². The molecule has 12 heavy (non-hydrogen) atoms. The fourth-order valence-corrected chi connectivity index (χ4v) is 0.997. The van der Waals surface area contributed by atoms with Crippen molar-refractivity contribution in [3.63, 3.8) is 0 Å². The van der Waals surface area contributed by atoms with E-state index in [1.165, 1.54) is 0 Å². The minimum absolute atomic E-state index is 0.0904. The highest BCUT2D eigenvalue weighted by molar-refractivity contribution is 5.78. The molecule has 1 aromatic rings. The van der Waals surface area contributed by atoms with Gasteiger partial charge < -0.3 is 4.79 Å². The average molecular weight is 160 g/mol. The maximum absolute atomic E-state index is 10.5. The molecule has 0 fully saturated rings. The molecule has 0 heterocycles. The van der Waals surface area contributed by atoms with E-state index in [0.29, 0.717) is 0 Å². The van der Waals surface area contributed by atoms with Crippen LogP contribution in [0.15, 0.2) is 36.9 Å². The molecule has 0 aliphatic rings. The smallest absolute Gasteiger partial charge is 0.127 e. The molecule has 62 valence electrons. The van der Waals surface area contributed by atoms with Gasteiger partial charge in [0, 0.05) is 5.92 Å². The highest BCUT2D eigenvalue weighted by Crippen LogP contribution is 2.18. The van der Waals surface area contributed by atoms with Crippen molar-refractivity contribution < 1.29 is 4.79 Å². The quantitative estimate of drug-likeness (QED) is 0.621. The predicted molar refractivity (Wildman–Crippen MR) is 50.7 cm³/mol. The summed E-state index contributed by atoms with van der Waals surface area (Å²) in [6.45, 7) is 5.71. The highest BCUT2D eigenvalue weighted by atomic mass is 16.1. The number of rotatable bonds is 3. The Hall–Kier alpha value is -1.37. The summed E-state index contributed by atoms with van der Waals surface area (Å²) >= 11 is 0. The second-order valence-electron chi connectivity index (χ2n) is 2.82. The Morgan fingerprint density at radius 1 is 1.42 bits per heavy atom. The van der Waals surface area contributed by atoms with Crippen LogP contribution in [0.4, 0.5) is 0 Å². The number of benzene rings is 1. The van der Waals surface area contributed by atoms with Gasteiger partial charge in [0.2, 0.25) is 0 Å². The normalized spacial score (nSPS) is 12.1. The molecule has 0 aliphatic carbocycles. The second-order valence-corrected chi connectivity index (χ2v) is 2.82. The van der Waals surface area contributed by atoms with Crippen LogP contribution in [0.5, 0.6) is 0 Å². The minimum Gasteiger partial charge on any atom is -0.303 e. The van der Waals surface area contributed by atoms with Crippen molar-refractivity contribution in [1.82, 2.24) is 0 Å². The van der Waals surface area contributed by atoms with Crippen LogP contribution >= 0.6 is 0 Å². The maximum Gasteiger partial charge on any atom is 0.127 e. The van der Waals surface area contributed by atoms with Crippen LogP contribution in [-0.2, 0) is 4.79 Å². The van der Waals surface area contributed by atoms with Crippen LogP contribution in [0.1, 0.15) is 12.5 Å². The van der Waals surface area contributed by atoms with Gasteiger partial charge in [-0.1, -0.05) is 43.8 Å². The van der Waals surface area contributed by atoms with Gasteiger partial charge in [-0.2, -0.15) is 0 Å². The fourth-order valence-electron chi connectivity index (χ4n) is 0.997. The molecule has 1 rings (SSSR count). The first-order valence-corrected chi connectivity index (χ1v) is 3.95. The van der Waals surface area contributed by atoms with E-state index in [4.69, 9.17) is 0 Å². The molecular weight excluding hydrogens is 148 g/mol. The van der Waals surface area contributed by atoms with Crippen LogP contribution in [0, 0.1) is 5.92 Å². The number of allylic oxidation sites excluding steroid dienone is 1. The zero-order chi connectivity index (χ0) is 8.97. The van der Waals surface area contributed by atoms with Crippen molar-refractivity contribution in [2.45, 2.75) is 6.92 Å². The summed E-state index contributed by atoms with van der Waals surface area (Å²) in [6, 6.07) is 9.75. The third-order valence-electron chi connectivity index (χ3n) is 1.90. The standard InChI is InChI=1S/C11H12O/c1-9(8-12)10(2)11-6-4-3-5-7-11/h3-9H,2H2,1H3. The van der Waals surface area contributed by atoms with Crippen molar-refractivity contribution in [2.75, 3.05) is 0 Å². The van der Waals surface area contributed by atoms with Crippen molar-refractivity contribution in [3.05, 3.63) is 42.5 Å². The summed E-state index contributed by atoms with van der Waals surface area (Å²) in [5.74, 6) is -0.0904. The number of carbonyl (C=O) groups excluding carboxylic acids is 1. The summed E-state index contributed by atoms with van der Waals surface area (Å²) in [5, 5.41) is 0. The van der Waals surface area contributed by atoms with Crippen LogP contribution in [0.3, 0.4) is 0 Å². The Morgan fingerprint density at radius 2 is 2.00 bits per heavy atom. The Balaban J connectivity index is 2.85. The molecule has 0 radical (unpaired) electrons. The second kappa shape index (κ2) is 3.86. The average Bonchev–Trinajstić information content (AvgIpc) is 2.17. The van der Waals surface area contributed by atoms with E-state index in [2.05, 4.69) is 6.58 Å². The van der Waals surface area contributed by atoms with E-state index >= 15 is 0 Å². The maximum atomic E-state index is 10.5. The third kappa shape index (κ3) is 1.82. The lowest BCUT2D eigenvalue weighted by Gasteiger charge is -2.07. The summed E-state index contributed by atoms with van der Waals surface area (Å²) in [4.78, 5) is 10.5. The molecule has 0 saturated carbocycles. The van der Waals surface area contributed by atoms with Gasteiger partial charge in [-0.05, 0) is 11.1 Å². The molecule has 0 bridgehead atoms. The lowest BCUT2D eigenvalue weighted by molar-refractivity contribution is -0.109. The van der Waals surface area contributed by atoms with E-state index in [9.17, 15) is 4.79 Å². The Kier molecular flexibility index (Phi) is 2.81. The van der Waals surface area contributed by atoms with Gasteiger partial charge in [-0.15, -0.1) is 0 Å². The van der Waals surface area contributed by atoms with Gasteiger partial charge in [0.15, 0.2) is 0 Å². The monoisotopic (exact) mass is 160 g/mol. The molecule has 1 aromatic carbocycles. The van der Waals surface area contributed by atoms with Crippen LogP contribution in [0.25, 0.3) is 5.57 Å². The zero-order valence-corrected chi connectivity index (χ0v) is 7.16. The Labute approximate surface area is 72.7 Å². The Morgan fingerprint density at radius 3 is 2.50 bits per heavy atom. The summed E-state index contributed by atoms with van der Waals surface area (Å²) < 4.78 is 0. The number of hydrogen-bond acceptors (Lipinski definition) is 1. The van der Waals surface area contributed by atoms with Gasteiger partial charge >= 0.3 is 0 Å². The van der Waals surface area contributed by atoms with Gasteiger partial charge in [-0.25, -0.2) is 0 Å². The lowest BCUT2D eigenvalue weighted by atomic mass is 9.97. The van der Waals surface area contributed by atoms with E-state index in [0.717, 1.165) is 17.4 Å². The van der Waals surface area contributed by atoms with E-state index in [-0.39, 0.29) is 5.92 Å². The van der Waals surface area contributed by atoms with Crippen molar-refractivity contribution in [3.8, 4) is 0 Å². The SMILES string of the molecule is C=C(c1ccccc1)C(C)C=O. The molecule has 0 spiro atoms. The van der Waals surface area contributed by atoms with Crippen molar-refractivity contribution in [1.29, 1.82) is 0 Å². The molecule has 0 amide bonds. The molecule has 0 saturated heterocycles. The van der Waals surface area contributed by atoms with E-state index < -0.39 is 0 Å². The molecule has 1 atom stereocenters. The summed E-state index contributed by atoms with van der Waals surface area (Å²) in [6.07, 6.45) is 0.912. The van der Waals surface area contributed by atoms with E-state index in [1.807, 2.05) is 37.3 Å². The number of hydrogen-bond donors (Lipinski definition) is 0. The number of aldehydes is 1. The Bertz CT molecular complexity index is 274. The van der Waals surface area contributed by atoms with Gasteiger partial charge in [0.25, 0.3) is 0 Å². The fraction of sp³-hybridized carbons (Fsp3) is 0.182.